The van der Waals surface area contributed by atoms with Gasteiger partial charge < -0.3 is 10.1 Å². The molecule has 6 nitrogen and oxygen atoms in total. The number of ether oxygens (including phenoxy) is 1. The standard InChI is InChI=1S/C20H25N3O3S/c1-20(2)11-17(16-5-3-4-6-18(16)26-20)23-19-10-9-15(13-21-19)27(24,25)22-12-14-7-8-14/h3-6,9-10,13-14,17,22H,7-8,11-12H2,1-2H3,(H,21,23). The number of hydrogen-bond acceptors (Lipinski definition) is 5. The van der Waals surface area contributed by atoms with Crippen molar-refractivity contribution in [2.45, 2.75) is 49.6 Å². The summed E-state index contributed by atoms with van der Waals surface area (Å²) in [4.78, 5) is 4.53. The number of pyridine rings is 1. The van der Waals surface area contributed by atoms with Crippen molar-refractivity contribution in [1.29, 1.82) is 0 Å². The smallest absolute Gasteiger partial charge is 0.242 e. The maximum Gasteiger partial charge on any atom is 0.242 e. The minimum Gasteiger partial charge on any atom is -0.487 e. The molecule has 1 aromatic carbocycles. The molecule has 1 atom stereocenters. The van der Waals surface area contributed by atoms with E-state index in [0.717, 1.165) is 30.6 Å². The van der Waals surface area contributed by atoms with Gasteiger partial charge in [0, 0.05) is 24.7 Å². The fourth-order valence-corrected chi connectivity index (χ4v) is 4.43. The zero-order chi connectivity index (χ0) is 19.1. The first-order chi connectivity index (χ1) is 12.8. The molecule has 0 amide bonds. The average molecular weight is 388 g/mol. The van der Waals surface area contributed by atoms with Crippen molar-refractivity contribution in [3.05, 3.63) is 48.2 Å². The van der Waals surface area contributed by atoms with Crippen molar-refractivity contribution < 1.29 is 13.2 Å². The lowest BCUT2D eigenvalue weighted by molar-refractivity contribution is 0.0758. The van der Waals surface area contributed by atoms with E-state index in [-0.39, 0.29) is 16.5 Å². The third kappa shape index (κ3) is 4.25. The number of rotatable bonds is 6. The van der Waals surface area contributed by atoms with Crippen LogP contribution in [-0.4, -0.2) is 25.5 Å². The van der Waals surface area contributed by atoms with E-state index in [2.05, 4.69) is 28.9 Å². The number of nitrogens with zero attached hydrogens (tertiary/aromatic N) is 1. The van der Waals surface area contributed by atoms with Crippen molar-refractivity contribution in [3.8, 4) is 5.75 Å². The van der Waals surface area contributed by atoms with Crippen LogP contribution < -0.4 is 14.8 Å². The summed E-state index contributed by atoms with van der Waals surface area (Å²) in [6.45, 7) is 4.63. The first-order valence-electron chi connectivity index (χ1n) is 9.33. The Hall–Kier alpha value is -2.12. The fraction of sp³-hybridized carbons (Fsp3) is 0.450. The maximum atomic E-state index is 12.3. The molecule has 144 valence electrons. The van der Waals surface area contributed by atoms with Gasteiger partial charge in [0.25, 0.3) is 0 Å². The third-order valence-electron chi connectivity index (χ3n) is 5.00. The molecule has 2 aromatic rings. The molecule has 1 aromatic heterocycles. The van der Waals surface area contributed by atoms with E-state index < -0.39 is 10.0 Å². The van der Waals surface area contributed by atoms with E-state index in [4.69, 9.17) is 4.74 Å². The topological polar surface area (TPSA) is 80.3 Å². The molecule has 27 heavy (non-hydrogen) atoms. The second-order valence-electron chi connectivity index (χ2n) is 7.98. The number of anilines is 1. The molecule has 7 heteroatoms. The fourth-order valence-electron chi connectivity index (χ4n) is 3.37. The molecule has 4 rings (SSSR count). The van der Waals surface area contributed by atoms with Gasteiger partial charge in [0.2, 0.25) is 10.0 Å². The molecule has 0 saturated heterocycles. The Labute approximate surface area is 160 Å². The highest BCUT2D eigenvalue weighted by Gasteiger charge is 2.33. The van der Waals surface area contributed by atoms with Gasteiger partial charge in [-0.25, -0.2) is 18.1 Å². The molecule has 1 unspecified atom stereocenters. The van der Waals surface area contributed by atoms with Gasteiger partial charge in [-0.15, -0.1) is 0 Å². The van der Waals surface area contributed by atoms with Crippen molar-refractivity contribution in [2.75, 3.05) is 11.9 Å². The van der Waals surface area contributed by atoms with Gasteiger partial charge in [0.15, 0.2) is 0 Å². The van der Waals surface area contributed by atoms with E-state index in [9.17, 15) is 8.42 Å². The molecule has 0 bridgehead atoms. The summed E-state index contributed by atoms with van der Waals surface area (Å²) in [7, 11) is -3.49. The molecule has 2 N–H and O–H groups in total. The van der Waals surface area contributed by atoms with Gasteiger partial charge in [0.05, 0.1) is 6.04 Å². The monoisotopic (exact) mass is 387 g/mol. The highest BCUT2D eigenvalue weighted by Crippen LogP contribution is 2.40. The largest absolute Gasteiger partial charge is 0.487 e. The highest BCUT2D eigenvalue weighted by molar-refractivity contribution is 7.89. The van der Waals surface area contributed by atoms with Crippen LogP contribution in [0.2, 0.25) is 0 Å². The Kier molecular flexibility index (Phi) is 4.60. The molecule has 2 heterocycles. The Morgan fingerprint density at radius 2 is 1.96 bits per heavy atom. The van der Waals surface area contributed by atoms with Crippen molar-refractivity contribution in [1.82, 2.24) is 9.71 Å². The van der Waals surface area contributed by atoms with Gasteiger partial charge >= 0.3 is 0 Å². The minimum absolute atomic E-state index is 0.0490. The average Bonchev–Trinajstić information content (AvgIpc) is 3.44. The summed E-state index contributed by atoms with van der Waals surface area (Å²) in [5.41, 5.74) is 0.795. The molecular weight excluding hydrogens is 362 g/mol. The van der Waals surface area contributed by atoms with Gasteiger partial charge in [-0.2, -0.15) is 0 Å². The molecular formula is C20H25N3O3S. The number of para-hydroxylation sites is 1. The lowest BCUT2D eigenvalue weighted by atomic mass is 9.90. The summed E-state index contributed by atoms with van der Waals surface area (Å²) in [6.07, 6.45) is 4.40. The van der Waals surface area contributed by atoms with Crippen LogP contribution in [-0.2, 0) is 10.0 Å². The zero-order valence-electron chi connectivity index (χ0n) is 15.6. The molecule has 1 aliphatic heterocycles. The Morgan fingerprint density at radius 3 is 2.67 bits per heavy atom. The lowest BCUT2D eigenvalue weighted by Crippen LogP contribution is -2.37. The van der Waals surface area contributed by atoms with Crippen LogP contribution in [0.5, 0.6) is 5.75 Å². The number of fused-ring (bicyclic) bond motifs is 1. The summed E-state index contributed by atoms with van der Waals surface area (Å²) < 4.78 is 33.4. The number of nitrogens with one attached hydrogen (secondary N) is 2. The van der Waals surface area contributed by atoms with Crippen LogP contribution in [0.1, 0.15) is 44.7 Å². The molecule has 2 aliphatic rings. The second-order valence-corrected chi connectivity index (χ2v) is 9.74. The van der Waals surface area contributed by atoms with Gasteiger partial charge in [-0.05, 0) is 50.8 Å². The van der Waals surface area contributed by atoms with Crippen molar-refractivity contribution >= 4 is 15.8 Å². The quantitative estimate of drug-likeness (QED) is 0.793. The van der Waals surface area contributed by atoms with Gasteiger partial charge in [-0.3, -0.25) is 0 Å². The van der Waals surface area contributed by atoms with Gasteiger partial charge in [0.1, 0.15) is 22.1 Å². The van der Waals surface area contributed by atoms with Gasteiger partial charge in [-0.1, -0.05) is 18.2 Å². The first-order valence-corrected chi connectivity index (χ1v) is 10.8. The van der Waals surface area contributed by atoms with Crippen molar-refractivity contribution in [3.63, 3.8) is 0 Å². The number of sulfonamides is 1. The second kappa shape index (κ2) is 6.80. The van der Waals surface area contributed by atoms with Crippen LogP contribution in [0, 0.1) is 5.92 Å². The lowest BCUT2D eigenvalue weighted by Gasteiger charge is -2.38. The predicted octanol–water partition coefficient (Wildman–Crippen LogP) is 3.48. The van der Waals surface area contributed by atoms with Crippen molar-refractivity contribution in [2.24, 2.45) is 5.92 Å². The highest BCUT2D eigenvalue weighted by atomic mass is 32.2. The van der Waals surface area contributed by atoms with E-state index in [1.54, 1.807) is 12.1 Å². The Balaban J connectivity index is 1.50. The Bertz CT molecular complexity index is 922. The molecule has 0 radical (unpaired) electrons. The summed E-state index contributed by atoms with van der Waals surface area (Å²) in [5.74, 6) is 2.01. The van der Waals surface area contributed by atoms with Crippen LogP contribution in [0.4, 0.5) is 5.82 Å². The predicted molar refractivity (Wildman–Crippen MR) is 104 cm³/mol. The van der Waals surface area contributed by atoms with E-state index >= 15 is 0 Å². The molecule has 0 spiro atoms. The molecule has 1 saturated carbocycles. The number of aromatic nitrogens is 1. The van der Waals surface area contributed by atoms with Crippen LogP contribution >= 0.6 is 0 Å². The van der Waals surface area contributed by atoms with Crippen LogP contribution in [0.3, 0.4) is 0 Å². The maximum absolute atomic E-state index is 12.3. The molecule has 1 fully saturated rings. The number of hydrogen-bond donors (Lipinski definition) is 2. The van der Waals surface area contributed by atoms with Crippen LogP contribution in [0.15, 0.2) is 47.5 Å². The first kappa shape index (κ1) is 18.3. The number of benzene rings is 1. The van der Waals surface area contributed by atoms with Crippen LogP contribution in [0.25, 0.3) is 0 Å². The van der Waals surface area contributed by atoms with E-state index in [0.29, 0.717) is 18.3 Å². The summed E-state index contributed by atoms with van der Waals surface area (Å²) in [5, 5.41) is 3.43. The zero-order valence-corrected chi connectivity index (χ0v) is 16.4. The molecule has 1 aliphatic carbocycles. The third-order valence-corrected chi connectivity index (χ3v) is 6.41. The van der Waals surface area contributed by atoms with E-state index in [1.165, 1.54) is 6.20 Å². The van der Waals surface area contributed by atoms with E-state index in [1.807, 2.05) is 24.3 Å². The Morgan fingerprint density at radius 1 is 1.19 bits per heavy atom. The summed E-state index contributed by atoms with van der Waals surface area (Å²) in [6, 6.07) is 11.3. The minimum atomic E-state index is -3.49. The SMILES string of the molecule is CC1(C)CC(Nc2ccc(S(=O)(=O)NCC3CC3)cn2)c2ccccc2O1. The normalized spacial score (nSPS) is 21.2. The summed E-state index contributed by atoms with van der Waals surface area (Å²) >= 11 is 0.